The molecule has 0 aliphatic carbocycles. The predicted octanol–water partition coefficient (Wildman–Crippen LogP) is 3.11. The van der Waals surface area contributed by atoms with Crippen LogP contribution in [0, 0.1) is 0 Å². The van der Waals surface area contributed by atoms with Crippen LogP contribution in [0.25, 0.3) is 0 Å². The van der Waals surface area contributed by atoms with Crippen LogP contribution < -0.4 is 9.47 Å². The van der Waals surface area contributed by atoms with Gasteiger partial charge >= 0.3 is 11.9 Å². The van der Waals surface area contributed by atoms with E-state index in [1.54, 1.807) is 24.3 Å². The van der Waals surface area contributed by atoms with E-state index >= 15 is 0 Å². The van der Waals surface area contributed by atoms with Crippen LogP contribution >= 0.6 is 11.6 Å². The molecule has 0 saturated carbocycles. The van der Waals surface area contributed by atoms with Crippen LogP contribution in [0.2, 0.25) is 5.02 Å². The van der Waals surface area contributed by atoms with Gasteiger partial charge in [0.25, 0.3) is 0 Å². The molecule has 114 valence electrons. The summed E-state index contributed by atoms with van der Waals surface area (Å²) in [6.07, 6.45) is 0. The largest absolute Gasteiger partial charge is 0.482 e. The van der Waals surface area contributed by atoms with Crippen molar-refractivity contribution >= 4 is 23.5 Å². The minimum absolute atomic E-state index is 0.0675. The third-order valence-corrected chi connectivity index (χ3v) is 2.91. The van der Waals surface area contributed by atoms with Gasteiger partial charge in [-0.2, -0.15) is 0 Å². The number of carbonyl (C=O) groups excluding carboxylic acids is 2. The van der Waals surface area contributed by atoms with Gasteiger partial charge < -0.3 is 14.2 Å². The first-order chi connectivity index (χ1) is 10.6. The maximum absolute atomic E-state index is 11.8. The van der Waals surface area contributed by atoms with Crippen molar-refractivity contribution in [3.8, 4) is 11.5 Å². The monoisotopic (exact) mass is 320 g/mol. The van der Waals surface area contributed by atoms with Gasteiger partial charge in [-0.25, -0.2) is 9.59 Å². The first-order valence-electron chi connectivity index (χ1n) is 6.36. The van der Waals surface area contributed by atoms with E-state index in [1.165, 1.54) is 25.3 Å². The van der Waals surface area contributed by atoms with Crippen molar-refractivity contribution in [2.75, 3.05) is 13.7 Å². The van der Waals surface area contributed by atoms with Crippen LogP contribution in [0.1, 0.15) is 10.4 Å². The van der Waals surface area contributed by atoms with Crippen molar-refractivity contribution in [2.45, 2.75) is 0 Å². The second-order valence-electron chi connectivity index (χ2n) is 4.21. The van der Waals surface area contributed by atoms with E-state index in [4.69, 9.17) is 21.1 Å². The lowest BCUT2D eigenvalue weighted by Crippen LogP contribution is -2.19. The summed E-state index contributed by atoms with van der Waals surface area (Å²) in [5, 5.41) is 0.334. The molecule has 22 heavy (non-hydrogen) atoms. The fraction of sp³-hybridized carbons (Fsp3) is 0.125. The summed E-state index contributed by atoms with van der Waals surface area (Å²) >= 11 is 5.82. The smallest absolute Gasteiger partial charge is 0.349 e. The zero-order valence-electron chi connectivity index (χ0n) is 11.7. The zero-order valence-corrected chi connectivity index (χ0v) is 12.5. The molecule has 0 fully saturated rings. The molecule has 2 rings (SSSR count). The van der Waals surface area contributed by atoms with E-state index in [-0.39, 0.29) is 17.9 Å². The summed E-state index contributed by atoms with van der Waals surface area (Å²) in [5.74, 6) is -0.674. The van der Waals surface area contributed by atoms with Crippen molar-refractivity contribution in [1.29, 1.82) is 0 Å². The molecule has 2 aromatic rings. The average molecular weight is 321 g/mol. The van der Waals surface area contributed by atoms with E-state index in [2.05, 4.69) is 4.74 Å². The average Bonchev–Trinajstić information content (AvgIpc) is 2.55. The molecular formula is C16H13ClO5. The topological polar surface area (TPSA) is 61.8 Å². The Hall–Kier alpha value is -2.53. The van der Waals surface area contributed by atoms with E-state index in [0.29, 0.717) is 10.8 Å². The highest BCUT2D eigenvalue weighted by Crippen LogP contribution is 2.24. The Bertz CT molecular complexity index is 669. The van der Waals surface area contributed by atoms with Crippen molar-refractivity contribution in [2.24, 2.45) is 0 Å². The maximum Gasteiger partial charge on any atom is 0.349 e. The number of hydrogen-bond acceptors (Lipinski definition) is 5. The number of halogens is 1. The molecule has 6 heteroatoms. The highest BCUT2D eigenvalue weighted by Gasteiger charge is 2.17. The molecule has 0 aliphatic rings. The third-order valence-electron chi connectivity index (χ3n) is 2.67. The number of esters is 2. The van der Waals surface area contributed by atoms with Crippen molar-refractivity contribution in [3.63, 3.8) is 0 Å². The van der Waals surface area contributed by atoms with Gasteiger partial charge in [-0.05, 0) is 30.3 Å². The molecule has 0 spiro atoms. The summed E-state index contributed by atoms with van der Waals surface area (Å²) < 4.78 is 15.0. The summed E-state index contributed by atoms with van der Waals surface area (Å²) in [5.41, 5.74) is 0.0723. The number of benzene rings is 2. The van der Waals surface area contributed by atoms with E-state index < -0.39 is 11.9 Å². The number of methoxy groups -OCH3 is 1. The second-order valence-corrected chi connectivity index (χ2v) is 4.64. The lowest BCUT2D eigenvalue weighted by molar-refractivity contribution is -0.136. The van der Waals surface area contributed by atoms with Gasteiger partial charge in [0.05, 0.1) is 7.11 Å². The Morgan fingerprint density at radius 2 is 1.82 bits per heavy atom. The highest BCUT2D eigenvalue weighted by atomic mass is 35.5. The Morgan fingerprint density at radius 3 is 2.50 bits per heavy atom. The van der Waals surface area contributed by atoms with Gasteiger partial charge in [-0.3, -0.25) is 0 Å². The van der Waals surface area contributed by atoms with E-state index in [1.807, 2.05) is 6.07 Å². The van der Waals surface area contributed by atoms with E-state index in [0.717, 1.165) is 0 Å². The minimum Gasteiger partial charge on any atom is -0.482 e. The standard InChI is InChI=1S/C16H13ClO5/c1-20-16(19)13-9-11(17)7-8-14(13)22-15(18)10-21-12-5-3-2-4-6-12/h2-9H,10H2,1H3. The third kappa shape index (κ3) is 4.23. The lowest BCUT2D eigenvalue weighted by Gasteiger charge is -2.10. The molecule has 5 nitrogen and oxygen atoms in total. The zero-order chi connectivity index (χ0) is 15.9. The number of rotatable bonds is 5. The van der Waals surface area contributed by atoms with Gasteiger partial charge in [0, 0.05) is 5.02 Å². The minimum atomic E-state index is -0.644. The van der Waals surface area contributed by atoms with Gasteiger partial charge in [0.1, 0.15) is 17.1 Å². The van der Waals surface area contributed by atoms with Crippen LogP contribution in [-0.4, -0.2) is 25.7 Å². The Morgan fingerprint density at radius 1 is 1.09 bits per heavy atom. The molecule has 0 aromatic heterocycles. The number of carbonyl (C=O) groups is 2. The van der Waals surface area contributed by atoms with Crippen LogP contribution in [-0.2, 0) is 9.53 Å². The SMILES string of the molecule is COC(=O)c1cc(Cl)ccc1OC(=O)COc1ccccc1. The van der Waals surface area contributed by atoms with Crippen LogP contribution in [0.15, 0.2) is 48.5 Å². The molecule has 0 amide bonds. The van der Waals surface area contributed by atoms with Crippen molar-refractivity contribution in [3.05, 3.63) is 59.1 Å². The molecule has 0 N–H and O–H groups in total. The lowest BCUT2D eigenvalue weighted by atomic mass is 10.2. The Balaban J connectivity index is 2.03. The van der Waals surface area contributed by atoms with Crippen molar-refractivity contribution < 1.29 is 23.8 Å². The highest BCUT2D eigenvalue weighted by molar-refractivity contribution is 6.31. The molecule has 0 saturated heterocycles. The first-order valence-corrected chi connectivity index (χ1v) is 6.74. The first kappa shape index (κ1) is 15.9. The maximum atomic E-state index is 11.8. The van der Waals surface area contributed by atoms with E-state index in [9.17, 15) is 9.59 Å². The number of para-hydroxylation sites is 1. The van der Waals surface area contributed by atoms with Crippen LogP contribution in [0.4, 0.5) is 0 Å². The fourth-order valence-electron chi connectivity index (χ4n) is 1.67. The molecule has 0 heterocycles. The quantitative estimate of drug-likeness (QED) is 0.625. The number of hydrogen-bond donors (Lipinski definition) is 0. The fourth-order valence-corrected chi connectivity index (χ4v) is 1.84. The van der Waals surface area contributed by atoms with Gasteiger partial charge in [0.2, 0.25) is 0 Å². The van der Waals surface area contributed by atoms with Crippen LogP contribution in [0.3, 0.4) is 0 Å². The summed E-state index contributed by atoms with van der Waals surface area (Å²) in [6, 6.07) is 13.1. The van der Waals surface area contributed by atoms with Gasteiger partial charge in [-0.15, -0.1) is 0 Å². The molecule has 0 atom stereocenters. The van der Waals surface area contributed by atoms with Gasteiger partial charge in [-0.1, -0.05) is 29.8 Å². The second kappa shape index (κ2) is 7.47. The number of ether oxygens (including phenoxy) is 3. The molecule has 0 radical (unpaired) electrons. The van der Waals surface area contributed by atoms with Crippen molar-refractivity contribution in [1.82, 2.24) is 0 Å². The predicted molar refractivity (Wildman–Crippen MR) is 80.4 cm³/mol. The molecule has 0 aliphatic heterocycles. The summed E-state index contributed by atoms with van der Waals surface area (Å²) in [4.78, 5) is 23.4. The Kier molecular flexibility index (Phi) is 5.38. The molecule has 2 aromatic carbocycles. The summed E-state index contributed by atoms with van der Waals surface area (Å²) in [6.45, 7) is -0.284. The summed E-state index contributed by atoms with van der Waals surface area (Å²) in [7, 11) is 1.23. The van der Waals surface area contributed by atoms with Gasteiger partial charge in [0.15, 0.2) is 6.61 Å². The molecule has 0 unspecified atom stereocenters. The molecular weight excluding hydrogens is 308 g/mol. The molecule has 0 bridgehead atoms. The normalized spacial score (nSPS) is 9.91. The Labute approximate surface area is 132 Å². The van der Waals surface area contributed by atoms with Crippen LogP contribution in [0.5, 0.6) is 11.5 Å².